The maximum absolute atomic E-state index is 12.4. The molecular formula is C22H25N5O4. The van der Waals surface area contributed by atoms with Gasteiger partial charge in [0, 0.05) is 39.1 Å². The molecule has 0 saturated heterocycles. The molecular weight excluding hydrogens is 398 g/mol. The second-order valence-corrected chi connectivity index (χ2v) is 7.46. The monoisotopic (exact) mass is 423 g/mol. The molecule has 4 rings (SSSR count). The van der Waals surface area contributed by atoms with Gasteiger partial charge in [0.2, 0.25) is 0 Å². The van der Waals surface area contributed by atoms with Crippen molar-refractivity contribution in [3.8, 4) is 5.75 Å². The lowest BCUT2D eigenvalue weighted by Gasteiger charge is -2.15. The Morgan fingerprint density at radius 2 is 1.87 bits per heavy atom. The van der Waals surface area contributed by atoms with Gasteiger partial charge in [-0.15, -0.1) is 0 Å². The summed E-state index contributed by atoms with van der Waals surface area (Å²) < 4.78 is 9.95. The van der Waals surface area contributed by atoms with Crippen molar-refractivity contribution in [1.29, 1.82) is 0 Å². The van der Waals surface area contributed by atoms with E-state index in [1.54, 1.807) is 17.9 Å². The Balaban J connectivity index is 1.32. The summed E-state index contributed by atoms with van der Waals surface area (Å²) in [7, 11) is 3.04. The predicted octanol–water partition coefficient (Wildman–Crippen LogP) is 0.616. The Morgan fingerprint density at radius 1 is 1.10 bits per heavy atom. The highest BCUT2D eigenvalue weighted by atomic mass is 16.5. The molecule has 0 spiro atoms. The molecule has 2 N–H and O–H groups in total. The van der Waals surface area contributed by atoms with Gasteiger partial charge in [0.1, 0.15) is 18.5 Å². The SMILES string of the molecule is Cn1c(=O)c2c(ncn2CCNCC(O)COc2cccc3ccccc23)n(C)c1=O. The van der Waals surface area contributed by atoms with Crippen LogP contribution in [-0.2, 0) is 20.6 Å². The van der Waals surface area contributed by atoms with E-state index in [4.69, 9.17) is 4.74 Å². The lowest BCUT2D eigenvalue weighted by Crippen LogP contribution is -2.38. The molecule has 0 saturated carbocycles. The predicted molar refractivity (Wildman–Crippen MR) is 119 cm³/mol. The number of nitrogens with one attached hydrogen (secondary N) is 1. The van der Waals surface area contributed by atoms with Crippen LogP contribution in [0.3, 0.4) is 0 Å². The number of aliphatic hydroxyl groups excluding tert-OH is 1. The van der Waals surface area contributed by atoms with Crippen LogP contribution in [0.1, 0.15) is 0 Å². The van der Waals surface area contributed by atoms with Gasteiger partial charge < -0.3 is 19.7 Å². The van der Waals surface area contributed by atoms with Crippen molar-refractivity contribution < 1.29 is 9.84 Å². The summed E-state index contributed by atoms with van der Waals surface area (Å²) in [5.41, 5.74) is -0.0443. The fourth-order valence-electron chi connectivity index (χ4n) is 3.60. The van der Waals surface area contributed by atoms with Crippen LogP contribution in [0, 0.1) is 0 Å². The summed E-state index contributed by atoms with van der Waals surface area (Å²) in [6.07, 6.45) is 0.861. The highest BCUT2D eigenvalue weighted by Gasteiger charge is 2.14. The van der Waals surface area contributed by atoms with Gasteiger partial charge in [-0.25, -0.2) is 9.78 Å². The molecule has 0 aliphatic rings. The molecule has 0 fully saturated rings. The number of aromatic nitrogens is 4. The normalized spacial score (nSPS) is 12.5. The third kappa shape index (κ3) is 4.10. The highest BCUT2D eigenvalue weighted by Crippen LogP contribution is 2.25. The van der Waals surface area contributed by atoms with Gasteiger partial charge in [0.05, 0.1) is 6.33 Å². The number of fused-ring (bicyclic) bond motifs is 2. The Labute approximate surface area is 178 Å². The van der Waals surface area contributed by atoms with Crippen molar-refractivity contribution in [3.05, 3.63) is 69.6 Å². The minimum atomic E-state index is -0.688. The van der Waals surface area contributed by atoms with Crippen LogP contribution < -0.4 is 21.3 Å². The van der Waals surface area contributed by atoms with Crippen LogP contribution in [0.15, 0.2) is 58.4 Å². The Morgan fingerprint density at radius 3 is 2.71 bits per heavy atom. The van der Waals surface area contributed by atoms with Crippen LogP contribution in [0.5, 0.6) is 5.75 Å². The molecule has 9 nitrogen and oxygen atoms in total. The number of hydrogen-bond donors (Lipinski definition) is 2. The maximum atomic E-state index is 12.4. The second-order valence-electron chi connectivity index (χ2n) is 7.46. The van der Waals surface area contributed by atoms with Crippen LogP contribution in [0.2, 0.25) is 0 Å². The Hall–Kier alpha value is -3.43. The number of benzene rings is 2. The number of imidazole rings is 1. The molecule has 31 heavy (non-hydrogen) atoms. The molecule has 162 valence electrons. The topological polar surface area (TPSA) is 103 Å². The molecule has 0 aliphatic carbocycles. The van der Waals surface area contributed by atoms with E-state index in [1.165, 1.54) is 11.6 Å². The van der Waals surface area contributed by atoms with Crippen LogP contribution in [-0.4, -0.2) is 49.6 Å². The summed E-state index contributed by atoms with van der Waals surface area (Å²) in [5.74, 6) is 0.739. The average molecular weight is 423 g/mol. The van der Waals surface area contributed by atoms with Crippen molar-refractivity contribution >= 4 is 21.9 Å². The molecule has 0 radical (unpaired) electrons. The Bertz CT molecular complexity index is 1330. The molecule has 1 atom stereocenters. The van der Waals surface area contributed by atoms with Crippen molar-refractivity contribution in [2.45, 2.75) is 12.6 Å². The van der Waals surface area contributed by atoms with Crippen molar-refractivity contribution in [2.75, 3.05) is 19.7 Å². The van der Waals surface area contributed by atoms with Gasteiger partial charge in [0.15, 0.2) is 11.2 Å². The fraction of sp³-hybridized carbons (Fsp3) is 0.318. The van der Waals surface area contributed by atoms with Gasteiger partial charge in [-0.05, 0) is 11.5 Å². The van der Waals surface area contributed by atoms with E-state index in [0.29, 0.717) is 30.8 Å². The average Bonchev–Trinajstić information content (AvgIpc) is 3.21. The van der Waals surface area contributed by atoms with Crippen LogP contribution >= 0.6 is 0 Å². The first kappa shape index (κ1) is 20.8. The summed E-state index contributed by atoms with van der Waals surface area (Å²) in [6.45, 7) is 1.50. The van der Waals surface area contributed by atoms with E-state index in [2.05, 4.69) is 10.3 Å². The number of aryl methyl sites for hydroxylation is 1. The molecule has 2 aromatic heterocycles. The van der Waals surface area contributed by atoms with E-state index < -0.39 is 11.8 Å². The Kier molecular flexibility index (Phi) is 5.88. The molecule has 2 heterocycles. The van der Waals surface area contributed by atoms with Gasteiger partial charge in [-0.2, -0.15) is 0 Å². The van der Waals surface area contributed by atoms with Crippen LogP contribution in [0.25, 0.3) is 21.9 Å². The first-order valence-corrected chi connectivity index (χ1v) is 10.1. The molecule has 1 unspecified atom stereocenters. The number of rotatable bonds is 8. The van der Waals surface area contributed by atoms with E-state index in [1.807, 2.05) is 42.5 Å². The fourth-order valence-corrected chi connectivity index (χ4v) is 3.60. The minimum absolute atomic E-state index is 0.164. The summed E-state index contributed by atoms with van der Waals surface area (Å²) >= 11 is 0. The zero-order valence-corrected chi connectivity index (χ0v) is 17.5. The number of aliphatic hydroxyl groups is 1. The smallest absolute Gasteiger partial charge is 0.332 e. The molecule has 4 aromatic rings. The number of hydrogen-bond acceptors (Lipinski definition) is 6. The van der Waals surface area contributed by atoms with E-state index >= 15 is 0 Å². The highest BCUT2D eigenvalue weighted by molar-refractivity contribution is 5.88. The van der Waals surface area contributed by atoms with Gasteiger partial charge >= 0.3 is 5.69 Å². The van der Waals surface area contributed by atoms with E-state index in [-0.39, 0.29) is 12.2 Å². The number of nitrogens with zero attached hydrogens (tertiary/aromatic N) is 4. The second kappa shape index (κ2) is 8.75. The van der Waals surface area contributed by atoms with Gasteiger partial charge in [-0.1, -0.05) is 36.4 Å². The van der Waals surface area contributed by atoms with E-state index in [0.717, 1.165) is 21.1 Å². The van der Waals surface area contributed by atoms with Crippen molar-refractivity contribution in [1.82, 2.24) is 24.0 Å². The lowest BCUT2D eigenvalue weighted by atomic mass is 10.1. The standard InChI is InChI=1S/C22H25N5O4/c1-25-20-19(21(29)26(2)22(25)30)27(14-24-20)11-10-23-12-16(28)13-31-18-9-5-7-15-6-3-4-8-17(15)18/h3-9,14,16,23,28H,10-13H2,1-2H3. The zero-order valence-electron chi connectivity index (χ0n) is 17.5. The van der Waals surface area contributed by atoms with Gasteiger partial charge in [0.25, 0.3) is 5.56 Å². The zero-order chi connectivity index (χ0) is 22.0. The molecule has 0 aliphatic heterocycles. The first-order chi connectivity index (χ1) is 15.0. The molecule has 0 bridgehead atoms. The van der Waals surface area contributed by atoms with Crippen molar-refractivity contribution in [2.24, 2.45) is 14.1 Å². The van der Waals surface area contributed by atoms with Crippen molar-refractivity contribution in [3.63, 3.8) is 0 Å². The first-order valence-electron chi connectivity index (χ1n) is 10.1. The molecule has 2 aromatic carbocycles. The maximum Gasteiger partial charge on any atom is 0.332 e. The van der Waals surface area contributed by atoms with E-state index in [9.17, 15) is 14.7 Å². The summed E-state index contributed by atoms with van der Waals surface area (Å²) in [4.78, 5) is 28.7. The van der Waals surface area contributed by atoms with Gasteiger partial charge in [-0.3, -0.25) is 13.9 Å². The summed E-state index contributed by atoms with van der Waals surface area (Å²) in [5, 5.41) is 15.5. The largest absolute Gasteiger partial charge is 0.490 e. The number of ether oxygens (including phenoxy) is 1. The van der Waals surface area contributed by atoms with Crippen LogP contribution in [0.4, 0.5) is 0 Å². The third-order valence-electron chi connectivity index (χ3n) is 5.31. The third-order valence-corrected chi connectivity index (χ3v) is 5.31. The lowest BCUT2D eigenvalue weighted by molar-refractivity contribution is 0.107. The molecule has 9 heteroatoms. The molecule has 0 amide bonds. The quantitative estimate of drug-likeness (QED) is 0.403. The minimum Gasteiger partial charge on any atom is -0.490 e. The summed E-state index contributed by atoms with van der Waals surface area (Å²) in [6, 6.07) is 13.8.